The molecule has 0 bridgehead atoms. The molecule has 0 aliphatic carbocycles. The van der Waals surface area contributed by atoms with E-state index in [0.29, 0.717) is 37.7 Å². The first-order valence-electron chi connectivity index (χ1n) is 8.36. The van der Waals surface area contributed by atoms with Crippen LogP contribution in [0.5, 0.6) is 5.75 Å². The van der Waals surface area contributed by atoms with Crippen molar-refractivity contribution in [1.82, 2.24) is 0 Å². The van der Waals surface area contributed by atoms with Crippen LogP contribution >= 0.6 is 0 Å². The predicted octanol–water partition coefficient (Wildman–Crippen LogP) is 3.27. The average molecular weight is 356 g/mol. The zero-order valence-corrected chi connectivity index (χ0v) is 14.7. The summed E-state index contributed by atoms with van der Waals surface area (Å²) in [6.07, 6.45) is 0. The Kier molecular flexibility index (Phi) is 5.18. The van der Waals surface area contributed by atoms with Crippen molar-refractivity contribution in [2.24, 2.45) is 0 Å². The molecular formula is C19H20N2O5. The molecule has 1 saturated heterocycles. The summed E-state index contributed by atoms with van der Waals surface area (Å²) < 4.78 is 10.6. The van der Waals surface area contributed by atoms with Gasteiger partial charge in [0.1, 0.15) is 11.4 Å². The summed E-state index contributed by atoms with van der Waals surface area (Å²) in [4.78, 5) is 25.3. The summed E-state index contributed by atoms with van der Waals surface area (Å²) in [5.41, 5.74) is 2.62. The third-order valence-corrected chi connectivity index (χ3v) is 4.45. The van der Waals surface area contributed by atoms with Gasteiger partial charge in [-0.3, -0.25) is 10.1 Å². The second kappa shape index (κ2) is 7.53. The van der Waals surface area contributed by atoms with Gasteiger partial charge >= 0.3 is 5.97 Å². The summed E-state index contributed by atoms with van der Waals surface area (Å²) in [6, 6.07) is 9.76. The standard InChI is InChI=1S/C19H20N2O5/c1-13-3-5-16(11-14(13)2)26-19(22)15-4-6-17(18(12-15)21(23)24)20-7-9-25-10-8-20/h3-6,11-12H,7-10H2,1-2H3. The molecule has 0 N–H and O–H groups in total. The number of benzene rings is 2. The molecule has 0 spiro atoms. The molecule has 7 nitrogen and oxygen atoms in total. The first-order valence-corrected chi connectivity index (χ1v) is 8.36. The molecule has 1 heterocycles. The third kappa shape index (κ3) is 3.83. The first kappa shape index (κ1) is 17.9. The fraction of sp³-hybridized carbons (Fsp3) is 0.316. The lowest BCUT2D eigenvalue weighted by atomic mass is 10.1. The monoisotopic (exact) mass is 356 g/mol. The maximum absolute atomic E-state index is 12.4. The Morgan fingerprint density at radius 3 is 2.50 bits per heavy atom. The van der Waals surface area contributed by atoms with Crippen LogP contribution in [0.25, 0.3) is 0 Å². The Labute approximate surface area is 151 Å². The van der Waals surface area contributed by atoms with Crippen LogP contribution in [0.1, 0.15) is 21.5 Å². The Morgan fingerprint density at radius 1 is 1.12 bits per heavy atom. The van der Waals surface area contributed by atoms with E-state index in [1.807, 2.05) is 24.8 Å². The van der Waals surface area contributed by atoms with E-state index >= 15 is 0 Å². The Bertz CT molecular complexity index is 844. The fourth-order valence-electron chi connectivity index (χ4n) is 2.81. The molecule has 1 fully saturated rings. The molecular weight excluding hydrogens is 336 g/mol. The second-order valence-electron chi connectivity index (χ2n) is 6.20. The van der Waals surface area contributed by atoms with Crippen molar-refractivity contribution >= 4 is 17.3 Å². The highest BCUT2D eigenvalue weighted by Crippen LogP contribution is 2.30. The largest absolute Gasteiger partial charge is 0.423 e. The molecule has 1 aliphatic heterocycles. The number of hydrogen-bond donors (Lipinski definition) is 0. The third-order valence-electron chi connectivity index (χ3n) is 4.45. The van der Waals surface area contributed by atoms with E-state index in [1.165, 1.54) is 6.07 Å². The van der Waals surface area contributed by atoms with Gasteiger partial charge < -0.3 is 14.4 Å². The van der Waals surface area contributed by atoms with Gasteiger partial charge in [-0.2, -0.15) is 0 Å². The number of anilines is 1. The van der Waals surface area contributed by atoms with Crippen LogP contribution in [0, 0.1) is 24.0 Å². The van der Waals surface area contributed by atoms with Crippen molar-refractivity contribution in [1.29, 1.82) is 0 Å². The van der Waals surface area contributed by atoms with Gasteiger partial charge in [0.25, 0.3) is 5.69 Å². The number of rotatable bonds is 4. The lowest BCUT2D eigenvalue weighted by Crippen LogP contribution is -2.36. The molecule has 26 heavy (non-hydrogen) atoms. The average Bonchev–Trinajstić information content (AvgIpc) is 2.65. The van der Waals surface area contributed by atoms with Crippen LogP contribution in [0.15, 0.2) is 36.4 Å². The van der Waals surface area contributed by atoms with Gasteiger partial charge in [-0.25, -0.2) is 4.79 Å². The summed E-state index contributed by atoms with van der Waals surface area (Å²) in [5.74, 6) is -0.206. The van der Waals surface area contributed by atoms with Gasteiger partial charge in [0.05, 0.1) is 23.7 Å². The Morgan fingerprint density at radius 2 is 1.85 bits per heavy atom. The van der Waals surface area contributed by atoms with E-state index in [0.717, 1.165) is 11.1 Å². The summed E-state index contributed by atoms with van der Waals surface area (Å²) in [7, 11) is 0. The Hall–Kier alpha value is -2.93. The smallest absolute Gasteiger partial charge is 0.343 e. The number of nitro benzene ring substituents is 1. The minimum Gasteiger partial charge on any atom is -0.423 e. The summed E-state index contributed by atoms with van der Waals surface area (Å²) in [6.45, 7) is 6.09. The summed E-state index contributed by atoms with van der Waals surface area (Å²) >= 11 is 0. The van der Waals surface area contributed by atoms with E-state index in [1.54, 1.807) is 24.3 Å². The van der Waals surface area contributed by atoms with Gasteiger partial charge in [0.2, 0.25) is 0 Å². The molecule has 0 unspecified atom stereocenters. The van der Waals surface area contributed by atoms with Crippen molar-refractivity contribution < 1.29 is 19.2 Å². The predicted molar refractivity (Wildman–Crippen MR) is 97.0 cm³/mol. The molecule has 2 aromatic rings. The van der Waals surface area contributed by atoms with E-state index in [4.69, 9.17) is 9.47 Å². The number of esters is 1. The number of hydrogen-bond acceptors (Lipinski definition) is 6. The maximum Gasteiger partial charge on any atom is 0.343 e. The number of aryl methyl sites for hydroxylation is 2. The SMILES string of the molecule is Cc1ccc(OC(=O)c2ccc(N3CCOCC3)c([N+](=O)[O-])c2)cc1C. The van der Waals surface area contributed by atoms with E-state index in [9.17, 15) is 14.9 Å². The van der Waals surface area contributed by atoms with Crippen LogP contribution in [0.2, 0.25) is 0 Å². The molecule has 3 rings (SSSR count). The van der Waals surface area contributed by atoms with Crippen LogP contribution in [0.3, 0.4) is 0 Å². The van der Waals surface area contributed by atoms with Gasteiger partial charge in [0, 0.05) is 19.2 Å². The normalized spacial score (nSPS) is 14.2. The number of morpholine rings is 1. The minimum absolute atomic E-state index is 0.110. The lowest BCUT2D eigenvalue weighted by Gasteiger charge is -2.28. The van der Waals surface area contributed by atoms with Crippen LogP contribution in [-0.2, 0) is 4.74 Å². The second-order valence-corrected chi connectivity index (χ2v) is 6.20. The quantitative estimate of drug-likeness (QED) is 0.362. The topological polar surface area (TPSA) is 81.9 Å². The zero-order valence-electron chi connectivity index (χ0n) is 14.7. The number of nitro groups is 1. The van der Waals surface area contributed by atoms with Crippen LogP contribution < -0.4 is 9.64 Å². The van der Waals surface area contributed by atoms with E-state index in [-0.39, 0.29) is 11.3 Å². The molecule has 1 aliphatic rings. The fourth-order valence-corrected chi connectivity index (χ4v) is 2.81. The molecule has 7 heteroatoms. The van der Waals surface area contributed by atoms with Gasteiger partial charge in [-0.15, -0.1) is 0 Å². The highest BCUT2D eigenvalue weighted by Gasteiger charge is 2.24. The van der Waals surface area contributed by atoms with Gasteiger partial charge in [-0.1, -0.05) is 6.07 Å². The lowest BCUT2D eigenvalue weighted by molar-refractivity contribution is -0.384. The van der Waals surface area contributed by atoms with Crippen molar-refractivity contribution in [2.45, 2.75) is 13.8 Å². The van der Waals surface area contributed by atoms with Gasteiger partial charge in [0.15, 0.2) is 0 Å². The zero-order chi connectivity index (χ0) is 18.7. The highest BCUT2D eigenvalue weighted by atomic mass is 16.6. The number of ether oxygens (including phenoxy) is 2. The van der Waals surface area contributed by atoms with E-state index < -0.39 is 10.9 Å². The Balaban J connectivity index is 1.85. The maximum atomic E-state index is 12.4. The first-order chi connectivity index (χ1) is 12.5. The highest BCUT2D eigenvalue weighted by molar-refractivity contribution is 5.93. The molecule has 0 amide bonds. The van der Waals surface area contributed by atoms with Crippen molar-refractivity contribution in [3.05, 3.63) is 63.2 Å². The molecule has 0 atom stereocenters. The van der Waals surface area contributed by atoms with E-state index in [2.05, 4.69) is 0 Å². The van der Waals surface area contributed by atoms with Crippen LogP contribution in [0.4, 0.5) is 11.4 Å². The number of carbonyl (C=O) groups is 1. The number of carbonyl (C=O) groups excluding carboxylic acids is 1. The van der Waals surface area contributed by atoms with Crippen molar-refractivity contribution in [2.75, 3.05) is 31.2 Å². The molecule has 0 aromatic heterocycles. The molecule has 136 valence electrons. The molecule has 2 aromatic carbocycles. The molecule has 0 radical (unpaired) electrons. The summed E-state index contributed by atoms with van der Waals surface area (Å²) in [5, 5.41) is 11.5. The molecule has 0 saturated carbocycles. The minimum atomic E-state index is -0.620. The van der Waals surface area contributed by atoms with Crippen molar-refractivity contribution in [3.8, 4) is 5.75 Å². The number of nitrogens with zero attached hydrogens (tertiary/aromatic N) is 2. The van der Waals surface area contributed by atoms with Crippen molar-refractivity contribution in [3.63, 3.8) is 0 Å². The van der Waals surface area contributed by atoms with Gasteiger partial charge in [-0.05, 0) is 49.2 Å². The van der Waals surface area contributed by atoms with Crippen LogP contribution in [-0.4, -0.2) is 37.2 Å².